The summed E-state index contributed by atoms with van der Waals surface area (Å²) in [4.78, 5) is 24.9. The van der Waals surface area contributed by atoms with Crippen molar-refractivity contribution in [1.29, 1.82) is 0 Å². The highest BCUT2D eigenvalue weighted by molar-refractivity contribution is 5.94. The standard InChI is InChI=1S/C23H22N4O6/c1-13(2)19(24-21(28)16-10-7-11-30-16)23(29)31-12-17-25-26-22(32-17)18-14(3)33-27-20(18)15-8-5-4-6-9-15/h4-11,13,19H,12H2,1-3H3,(H,24,28). The number of carbonyl (C=O) groups excluding carboxylic acids is 2. The Morgan fingerprint density at radius 1 is 1.09 bits per heavy atom. The van der Waals surface area contributed by atoms with Gasteiger partial charge in [-0.1, -0.05) is 49.3 Å². The number of hydrogen-bond donors (Lipinski definition) is 1. The maximum absolute atomic E-state index is 12.6. The van der Waals surface area contributed by atoms with Gasteiger partial charge in [-0.3, -0.25) is 4.79 Å². The molecule has 3 aromatic heterocycles. The molecule has 1 unspecified atom stereocenters. The van der Waals surface area contributed by atoms with Crippen molar-refractivity contribution in [2.24, 2.45) is 5.92 Å². The summed E-state index contributed by atoms with van der Waals surface area (Å²) in [6, 6.07) is 11.7. The summed E-state index contributed by atoms with van der Waals surface area (Å²) in [6.45, 7) is 5.07. The lowest BCUT2D eigenvalue weighted by Crippen LogP contribution is -2.45. The normalized spacial score (nSPS) is 12.0. The molecule has 10 heteroatoms. The summed E-state index contributed by atoms with van der Waals surface area (Å²) >= 11 is 0. The smallest absolute Gasteiger partial charge is 0.329 e. The molecule has 1 N–H and O–H groups in total. The molecule has 0 radical (unpaired) electrons. The van der Waals surface area contributed by atoms with Gasteiger partial charge in [0.2, 0.25) is 0 Å². The maximum atomic E-state index is 12.6. The van der Waals surface area contributed by atoms with Crippen LogP contribution in [0.25, 0.3) is 22.7 Å². The second-order valence-corrected chi connectivity index (χ2v) is 7.61. The molecule has 170 valence electrons. The summed E-state index contributed by atoms with van der Waals surface area (Å²) in [5.74, 6) is -0.441. The van der Waals surface area contributed by atoms with Crippen LogP contribution in [-0.4, -0.2) is 33.3 Å². The lowest BCUT2D eigenvalue weighted by Gasteiger charge is -2.19. The van der Waals surface area contributed by atoms with E-state index in [1.54, 1.807) is 26.8 Å². The fourth-order valence-corrected chi connectivity index (χ4v) is 3.17. The average Bonchev–Trinajstić information content (AvgIpc) is 3.57. The second-order valence-electron chi connectivity index (χ2n) is 7.61. The molecule has 1 aromatic carbocycles. The van der Waals surface area contributed by atoms with Gasteiger partial charge in [-0.15, -0.1) is 10.2 Å². The number of esters is 1. The zero-order chi connectivity index (χ0) is 23.4. The SMILES string of the molecule is Cc1onc(-c2ccccc2)c1-c1nnc(COC(=O)C(NC(=O)c2ccco2)C(C)C)o1. The lowest BCUT2D eigenvalue weighted by molar-refractivity contribution is -0.149. The van der Waals surface area contributed by atoms with E-state index in [9.17, 15) is 9.59 Å². The van der Waals surface area contributed by atoms with Crippen LogP contribution in [0, 0.1) is 12.8 Å². The minimum Gasteiger partial charge on any atom is -0.459 e. The lowest BCUT2D eigenvalue weighted by atomic mass is 10.0. The predicted molar refractivity (Wildman–Crippen MR) is 115 cm³/mol. The number of ether oxygens (including phenoxy) is 1. The Balaban J connectivity index is 1.44. The zero-order valence-corrected chi connectivity index (χ0v) is 18.3. The van der Waals surface area contributed by atoms with Crippen LogP contribution in [0.3, 0.4) is 0 Å². The van der Waals surface area contributed by atoms with Gasteiger partial charge in [0.25, 0.3) is 17.7 Å². The Kier molecular flexibility index (Phi) is 6.34. The van der Waals surface area contributed by atoms with Gasteiger partial charge in [0.05, 0.1) is 6.26 Å². The number of nitrogens with zero attached hydrogens (tertiary/aromatic N) is 3. The van der Waals surface area contributed by atoms with E-state index < -0.39 is 17.9 Å². The molecular weight excluding hydrogens is 428 g/mol. The van der Waals surface area contributed by atoms with E-state index >= 15 is 0 Å². The third kappa shape index (κ3) is 4.84. The van der Waals surface area contributed by atoms with Gasteiger partial charge in [0.15, 0.2) is 12.4 Å². The van der Waals surface area contributed by atoms with Crippen LogP contribution in [0.2, 0.25) is 0 Å². The third-order valence-corrected chi connectivity index (χ3v) is 4.88. The molecule has 1 amide bonds. The molecule has 10 nitrogen and oxygen atoms in total. The molecule has 0 spiro atoms. The Labute approximate surface area is 188 Å². The van der Waals surface area contributed by atoms with Crippen LogP contribution < -0.4 is 5.32 Å². The fraction of sp³-hybridized carbons (Fsp3) is 0.261. The number of carbonyl (C=O) groups is 2. The minimum atomic E-state index is -0.880. The monoisotopic (exact) mass is 450 g/mol. The Morgan fingerprint density at radius 3 is 2.58 bits per heavy atom. The minimum absolute atomic E-state index is 0.0952. The molecule has 0 aliphatic rings. The molecule has 0 saturated heterocycles. The van der Waals surface area contributed by atoms with Crippen LogP contribution in [-0.2, 0) is 16.1 Å². The van der Waals surface area contributed by atoms with Gasteiger partial charge in [0.1, 0.15) is 23.1 Å². The topological polar surface area (TPSA) is 133 Å². The molecule has 0 bridgehead atoms. The van der Waals surface area contributed by atoms with E-state index in [-0.39, 0.29) is 30.1 Å². The van der Waals surface area contributed by atoms with Crippen LogP contribution in [0.5, 0.6) is 0 Å². The number of aryl methyl sites for hydroxylation is 1. The first kappa shape index (κ1) is 22.0. The number of benzene rings is 1. The first-order valence-electron chi connectivity index (χ1n) is 10.3. The molecule has 4 aromatic rings. The summed E-state index contributed by atoms with van der Waals surface area (Å²) in [6.07, 6.45) is 1.38. The van der Waals surface area contributed by atoms with Crippen molar-refractivity contribution in [1.82, 2.24) is 20.7 Å². The van der Waals surface area contributed by atoms with E-state index in [4.69, 9.17) is 18.1 Å². The van der Waals surface area contributed by atoms with Crippen molar-refractivity contribution in [3.8, 4) is 22.7 Å². The van der Waals surface area contributed by atoms with Crippen LogP contribution in [0.4, 0.5) is 0 Å². The molecule has 0 saturated carbocycles. The van der Waals surface area contributed by atoms with E-state index in [2.05, 4.69) is 20.7 Å². The highest BCUT2D eigenvalue weighted by Gasteiger charge is 2.28. The van der Waals surface area contributed by atoms with Gasteiger partial charge >= 0.3 is 5.97 Å². The number of aromatic nitrogens is 3. The number of rotatable bonds is 8. The fourth-order valence-electron chi connectivity index (χ4n) is 3.17. The molecule has 0 aliphatic carbocycles. The Morgan fingerprint density at radius 2 is 1.88 bits per heavy atom. The first-order valence-corrected chi connectivity index (χ1v) is 10.3. The molecule has 33 heavy (non-hydrogen) atoms. The van der Waals surface area contributed by atoms with E-state index in [1.807, 2.05) is 30.3 Å². The van der Waals surface area contributed by atoms with Crippen molar-refractivity contribution in [2.75, 3.05) is 0 Å². The highest BCUT2D eigenvalue weighted by atomic mass is 16.5. The first-order chi connectivity index (χ1) is 15.9. The van der Waals surface area contributed by atoms with Crippen molar-refractivity contribution in [3.63, 3.8) is 0 Å². The summed E-state index contributed by atoms with van der Waals surface area (Å²) in [5, 5.41) is 14.7. The highest BCUT2D eigenvalue weighted by Crippen LogP contribution is 2.33. The number of amides is 1. The predicted octanol–water partition coefficient (Wildman–Crippen LogP) is 3.79. The van der Waals surface area contributed by atoms with Crippen LogP contribution >= 0.6 is 0 Å². The van der Waals surface area contributed by atoms with Crippen LogP contribution in [0.15, 0.2) is 62.1 Å². The third-order valence-electron chi connectivity index (χ3n) is 4.88. The molecule has 1 atom stereocenters. The van der Waals surface area contributed by atoms with Gasteiger partial charge in [-0.25, -0.2) is 4.79 Å². The van der Waals surface area contributed by atoms with Gasteiger partial charge in [-0.2, -0.15) is 0 Å². The van der Waals surface area contributed by atoms with E-state index in [1.165, 1.54) is 12.3 Å². The van der Waals surface area contributed by atoms with Gasteiger partial charge in [-0.05, 0) is 25.0 Å². The molecule has 3 heterocycles. The van der Waals surface area contributed by atoms with E-state index in [0.717, 1.165) is 5.56 Å². The Bertz CT molecular complexity index is 1230. The van der Waals surface area contributed by atoms with E-state index in [0.29, 0.717) is 17.0 Å². The maximum Gasteiger partial charge on any atom is 0.329 e. The van der Waals surface area contributed by atoms with Crippen molar-refractivity contribution < 1.29 is 27.7 Å². The summed E-state index contributed by atoms with van der Waals surface area (Å²) in [5.41, 5.74) is 1.97. The second kappa shape index (κ2) is 9.51. The number of furan rings is 1. The molecule has 4 rings (SSSR count). The molecule has 0 aliphatic heterocycles. The van der Waals surface area contributed by atoms with Crippen LogP contribution in [0.1, 0.15) is 36.1 Å². The zero-order valence-electron chi connectivity index (χ0n) is 18.3. The van der Waals surface area contributed by atoms with Crippen molar-refractivity contribution >= 4 is 11.9 Å². The number of hydrogen-bond acceptors (Lipinski definition) is 9. The quantitative estimate of drug-likeness (QED) is 0.398. The van der Waals surface area contributed by atoms with Crippen molar-refractivity contribution in [2.45, 2.75) is 33.4 Å². The largest absolute Gasteiger partial charge is 0.459 e. The van der Waals surface area contributed by atoms with Crippen molar-refractivity contribution in [3.05, 3.63) is 66.1 Å². The molecule has 0 fully saturated rings. The average molecular weight is 450 g/mol. The summed E-state index contributed by atoms with van der Waals surface area (Å²) < 4.78 is 21.4. The number of nitrogens with one attached hydrogen (secondary N) is 1. The van der Waals surface area contributed by atoms with Gasteiger partial charge in [0, 0.05) is 5.56 Å². The van der Waals surface area contributed by atoms with Gasteiger partial charge < -0.3 is 23.4 Å². The Hall–Kier alpha value is -4.21. The molecular formula is C23H22N4O6. The summed E-state index contributed by atoms with van der Waals surface area (Å²) in [7, 11) is 0.